The fourth-order valence-corrected chi connectivity index (χ4v) is 2.32. The molecule has 3 heteroatoms. The quantitative estimate of drug-likeness (QED) is 0.897. The molecular weight excluding hydrogens is 248 g/mol. The van der Waals surface area contributed by atoms with E-state index in [0.717, 1.165) is 5.56 Å². The highest BCUT2D eigenvalue weighted by Gasteiger charge is 2.20. The summed E-state index contributed by atoms with van der Waals surface area (Å²) < 4.78 is 0. The molecule has 0 aromatic heterocycles. The van der Waals surface area contributed by atoms with Gasteiger partial charge >= 0.3 is 0 Å². The summed E-state index contributed by atoms with van der Waals surface area (Å²) >= 11 is 0. The molecule has 2 rings (SSSR count). The van der Waals surface area contributed by atoms with Gasteiger partial charge in [-0.1, -0.05) is 56.3 Å². The van der Waals surface area contributed by atoms with Gasteiger partial charge in [0.05, 0.1) is 12.1 Å². The van der Waals surface area contributed by atoms with E-state index in [2.05, 4.69) is 23.5 Å². The molecule has 0 heterocycles. The number of fused-ring (bicyclic) bond motifs is 1. The molecule has 2 aromatic carbocycles. The Kier molecular flexibility index (Phi) is 4.40. The maximum atomic E-state index is 12.1. The van der Waals surface area contributed by atoms with Gasteiger partial charge in [-0.25, -0.2) is 0 Å². The molecule has 0 saturated heterocycles. The first-order valence-electron chi connectivity index (χ1n) is 7.04. The average Bonchev–Trinajstić information content (AvgIpc) is 2.45. The fraction of sp³-hybridized carbons (Fsp3) is 0.353. The second-order valence-corrected chi connectivity index (χ2v) is 5.57. The average molecular weight is 270 g/mol. The molecule has 3 N–H and O–H groups in total. The summed E-state index contributed by atoms with van der Waals surface area (Å²) in [6.45, 7) is 5.90. The number of hydrogen-bond acceptors (Lipinski definition) is 2. The molecule has 2 aromatic rings. The summed E-state index contributed by atoms with van der Waals surface area (Å²) in [6.07, 6.45) is 0. The van der Waals surface area contributed by atoms with Crippen LogP contribution in [0.1, 0.15) is 32.4 Å². The highest BCUT2D eigenvalue weighted by Crippen LogP contribution is 2.24. The van der Waals surface area contributed by atoms with Crippen LogP contribution in [0.2, 0.25) is 0 Å². The first kappa shape index (κ1) is 14.5. The van der Waals surface area contributed by atoms with Crippen LogP contribution in [0.15, 0.2) is 42.5 Å². The largest absolute Gasteiger partial charge is 0.348 e. The minimum atomic E-state index is -0.465. The maximum absolute atomic E-state index is 12.1. The monoisotopic (exact) mass is 270 g/mol. The van der Waals surface area contributed by atoms with E-state index in [1.807, 2.05) is 45.0 Å². The van der Waals surface area contributed by atoms with Crippen molar-refractivity contribution in [1.82, 2.24) is 5.32 Å². The number of amides is 1. The van der Waals surface area contributed by atoms with Crippen LogP contribution >= 0.6 is 0 Å². The van der Waals surface area contributed by atoms with Gasteiger partial charge in [0.25, 0.3) is 0 Å². The third-order valence-corrected chi connectivity index (χ3v) is 3.67. The summed E-state index contributed by atoms with van der Waals surface area (Å²) in [7, 11) is 0. The molecule has 0 aliphatic rings. The Bertz CT molecular complexity index is 601. The normalized spacial score (nSPS) is 14.2. The molecule has 0 saturated carbocycles. The Morgan fingerprint density at radius 3 is 2.40 bits per heavy atom. The van der Waals surface area contributed by atoms with Crippen molar-refractivity contribution in [2.75, 3.05) is 0 Å². The molecule has 0 unspecified atom stereocenters. The van der Waals surface area contributed by atoms with Crippen LogP contribution in [0.5, 0.6) is 0 Å². The molecule has 2 atom stereocenters. The minimum absolute atomic E-state index is 0.0570. The molecule has 0 aliphatic carbocycles. The number of nitrogens with one attached hydrogen (secondary N) is 1. The number of nitrogens with two attached hydrogens (primary N) is 1. The molecule has 106 valence electrons. The van der Waals surface area contributed by atoms with Crippen molar-refractivity contribution in [3.05, 3.63) is 48.0 Å². The third-order valence-electron chi connectivity index (χ3n) is 3.67. The summed E-state index contributed by atoms with van der Waals surface area (Å²) in [4.78, 5) is 12.1. The van der Waals surface area contributed by atoms with Crippen LogP contribution in [0.25, 0.3) is 10.8 Å². The Hall–Kier alpha value is -1.87. The highest BCUT2D eigenvalue weighted by atomic mass is 16.2. The topological polar surface area (TPSA) is 55.1 Å². The first-order chi connectivity index (χ1) is 9.50. The van der Waals surface area contributed by atoms with Crippen molar-refractivity contribution in [2.45, 2.75) is 32.9 Å². The Balaban J connectivity index is 2.24. The van der Waals surface area contributed by atoms with Crippen LogP contribution in [0.4, 0.5) is 0 Å². The minimum Gasteiger partial charge on any atom is -0.348 e. The van der Waals surface area contributed by atoms with E-state index in [0.29, 0.717) is 0 Å². The second-order valence-electron chi connectivity index (χ2n) is 5.57. The predicted octanol–water partition coefficient (Wildman–Crippen LogP) is 3.00. The number of carbonyl (C=O) groups excluding carboxylic acids is 1. The maximum Gasteiger partial charge on any atom is 0.237 e. The van der Waals surface area contributed by atoms with Crippen molar-refractivity contribution in [1.29, 1.82) is 0 Å². The van der Waals surface area contributed by atoms with Gasteiger partial charge in [-0.2, -0.15) is 0 Å². The van der Waals surface area contributed by atoms with Crippen molar-refractivity contribution >= 4 is 16.7 Å². The Morgan fingerprint density at radius 2 is 1.70 bits per heavy atom. The van der Waals surface area contributed by atoms with Gasteiger partial charge in [0, 0.05) is 0 Å². The molecule has 0 aliphatic heterocycles. The van der Waals surface area contributed by atoms with E-state index in [4.69, 9.17) is 5.73 Å². The molecule has 20 heavy (non-hydrogen) atoms. The Morgan fingerprint density at radius 1 is 1.05 bits per heavy atom. The zero-order valence-electron chi connectivity index (χ0n) is 12.3. The van der Waals surface area contributed by atoms with Gasteiger partial charge < -0.3 is 11.1 Å². The van der Waals surface area contributed by atoms with Crippen LogP contribution in [-0.2, 0) is 4.79 Å². The highest BCUT2D eigenvalue weighted by molar-refractivity contribution is 5.87. The lowest BCUT2D eigenvalue weighted by Gasteiger charge is -2.21. The van der Waals surface area contributed by atoms with Crippen LogP contribution in [0.3, 0.4) is 0 Å². The van der Waals surface area contributed by atoms with E-state index >= 15 is 0 Å². The second kappa shape index (κ2) is 6.06. The van der Waals surface area contributed by atoms with Crippen molar-refractivity contribution < 1.29 is 4.79 Å². The van der Waals surface area contributed by atoms with Crippen molar-refractivity contribution in [3.63, 3.8) is 0 Å². The summed E-state index contributed by atoms with van der Waals surface area (Å²) in [5, 5.41) is 5.35. The zero-order chi connectivity index (χ0) is 14.7. The number of carbonyl (C=O) groups is 1. The van der Waals surface area contributed by atoms with E-state index in [-0.39, 0.29) is 17.9 Å². The van der Waals surface area contributed by atoms with Gasteiger partial charge in [0.2, 0.25) is 5.91 Å². The van der Waals surface area contributed by atoms with Gasteiger partial charge in [-0.05, 0) is 29.2 Å². The van der Waals surface area contributed by atoms with Crippen LogP contribution in [-0.4, -0.2) is 11.9 Å². The number of hydrogen-bond donors (Lipinski definition) is 2. The number of benzene rings is 2. The molecule has 0 spiro atoms. The Labute approximate surface area is 120 Å². The fourth-order valence-electron chi connectivity index (χ4n) is 2.32. The predicted molar refractivity (Wildman–Crippen MR) is 83.3 cm³/mol. The molecular formula is C17H22N2O. The van der Waals surface area contributed by atoms with Crippen LogP contribution < -0.4 is 11.1 Å². The van der Waals surface area contributed by atoms with Crippen molar-refractivity contribution in [2.24, 2.45) is 11.7 Å². The van der Waals surface area contributed by atoms with Gasteiger partial charge in [0.1, 0.15) is 0 Å². The van der Waals surface area contributed by atoms with E-state index in [1.165, 1.54) is 10.8 Å². The standard InChI is InChI=1S/C17H22N2O/c1-11(2)16(18)17(20)19-12(3)14-10-6-8-13-7-4-5-9-15(13)14/h4-12,16H,18H2,1-3H3,(H,19,20)/t12-,16-/m0/s1. The third kappa shape index (κ3) is 2.99. The smallest absolute Gasteiger partial charge is 0.237 e. The summed E-state index contributed by atoms with van der Waals surface area (Å²) in [5.41, 5.74) is 7.00. The van der Waals surface area contributed by atoms with Gasteiger partial charge in [0.15, 0.2) is 0 Å². The molecule has 0 radical (unpaired) electrons. The van der Waals surface area contributed by atoms with E-state index in [1.54, 1.807) is 0 Å². The molecule has 1 amide bonds. The first-order valence-corrected chi connectivity index (χ1v) is 7.04. The van der Waals surface area contributed by atoms with E-state index in [9.17, 15) is 4.79 Å². The lowest BCUT2D eigenvalue weighted by Crippen LogP contribution is -2.44. The van der Waals surface area contributed by atoms with Gasteiger partial charge in [-0.15, -0.1) is 0 Å². The van der Waals surface area contributed by atoms with Gasteiger partial charge in [-0.3, -0.25) is 4.79 Å². The molecule has 0 fully saturated rings. The summed E-state index contributed by atoms with van der Waals surface area (Å²) in [5.74, 6) is 0.0372. The lowest BCUT2D eigenvalue weighted by molar-refractivity contribution is -0.123. The van der Waals surface area contributed by atoms with E-state index < -0.39 is 6.04 Å². The lowest BCUT2D eigenvalue weighted by atomic mass is 9.98. The van der Waals surface area contributed by atoms with Crippen LogP contribution in [0, 0.1) is 5.92 Å². The number of rotatable bonds is 4. The molecule has 0 bridgehead atoms. The summed E-state index contributed by atoms with van der Waals surface area (Å²) in [6, 6.07) is 13.8. The molecule has 3 nitrogen and oxygen atoms in total. The van der Waals surface area contributed by atoms with Crippen molar-refractivity contribution in [3.8, 4) is 0 Å². The SMILES string of the molecule is CC(C)[C@H](N)C(=O)N[C@@H](C)c1cccc2ccccc12. The zero-order valence-corrected chi connectivity index (χ0v) is 12.3.